The molecule has 0 bridgehead atoms. The number of alkyl halides is 1. The number of aryl methyl sites for hydroxylation is 2. The largest absolute Gasteiger partial charge is 0.439 e. The molecule has 0 atom stereocenters. The SMILES string of the molecule is CCOP(=O)(Cc1cccc(Oc2ccc(C)cn2)c1)OCC.Cc1ccc(Oc2cccc(CCl)c2)nc1. The van der Waals surface area contributed by atoms with E-state index >= 15 is 0 Å². The van der Waals surface area contributed by atoms with Crippen molar-refractivity contribution in [2.24, 2.45) is 0 Å². The van der Waals surface area contributed by atoms with Gasteiger partial charge in [0.15, 0.2) is 0 Å². The lowest BCUT2D eigenvalue weighted by molar-refractivity contribution is 0.219. The molecule has 0 spiro atoms. The van der Waals surface area contributed by atoms with Gasteiger partial charge in [-0.1, -0.05) is 36.4 Å². The third-order valence-electron chi connectivity index (χ3n) is 5.19. The second-order valence-electron chi connectivity index (χ2n) is 8.58. The molecule has 0 amide bonds. The van der Waals surface area contributed by atoms with E-state index in [2.05, 4.69) is 9.97 Å². The van der Waals surface area contributed by atoms with Crippen molar-refractivity contribution in [2.75, 3.05) is 13.2 Å². The van der Waals surface area contributed by atoms with Gasteiger partial charge in [0.2, 0.25) is 11.8 Å². The summed E-state index contributed by atoms with van der Waals surface area (Å²) in [6.45, 7) is 8.26. The zero-order chi connectivity index (χ0) is 28.1. The highest BCUT2D eigenvalue weighted by Crippen LogP contribution is 2.51. The molecule has 0 N–H and O–H groups in total. The summed E-state index contributed by atoms with van der Waals surface area (Å²) in [5, 5.41) is 0. The number of halogens is 1. The molecule has 2 heterocycles. The summed E-state index contributed by atoms with van der Waals surface area (Å²) in [6.07, 6.45) is 3.74. The molecule has 4 rings (SSSR count). The van der Waals surface area contributed by atoms with Gasteiger partial charge < -0.3 is 18.5 Å². The molecule has 39 heavy (non-hydrogen) atoms. The van der Waals surface area contributed by atoms with E-state index in [1.807, 2.05) is 86.6 Å². The molecule has 7 nitrogen and oxygen atoms in total. The molecular weight excluding hydrogens is 535 g/mol. The van der Waals surface area contributed by atoms with E-state index in [1.54, 1.807) is 26.2 Å². The lowest BCUT2D eigenvalue weighted by Gasteiger charge is -2.17. The van der Waals surface area contributed by atoms with Crippen LogP contribution in [0.3, 0.4) is 0 Å². The van der Waals surface area contributed by atoms with E-state index in [9.17, 15) is 4.57 Å². The highest BCUT2D eigenvalue weighted by Gasteiger charge is 2.24. The number of pyridine rings is 2. The van der Waals surface area contributed by atoms with Gasteiger partial charge in [0.1, 0.15) is 11.5 Å². The summed E-state index contributed by atoms with van der Waals surface area (Å²) in [7, 11) is -3.12. The molecule has 4 aromatic rings. The van der Waals surface area contributed by atoms with Crippen molar-refractivity contribution in [1.82, 2.24) is 9.97 Å². The smallest absolute Gasteiger partial charge is 0.335 e. The minimum atomic E-state index is -3.12. The molecule has 0 aliphatic heterocycles. The maximum absolute atomic E-state index is 12.6. The van der Waals surface area contributed by atoms with Crippen LogP contribution in [-0.4, -0.2) is 23.2 Å². The van der Waals surface area contributed by atoms with Crippen molar-refractivity contribution in [3.63, 3.8) is 0 Å². The van der Waals surface area contributed by atoms with Crippen LogP contribution in [0, 0.1) is 13.8 Å². The van der Waals surface area contributed by atoms with E-state index in [4.69, 9.17) is 30.1 Å². The third-order valence-corrected chi connectivity index (χ3v) is 7.56. The van der Waals surface area contributed by atoms with Gasteiger partial charge in [-0.15, -0.1) is 11.6 Å². The summed E-state index contributed by atoms with van der Waals surface area (Å²) in [6, 6.07) is 22.6. The molecule has 0 fully saturated rings. The van der Waals surface area contributed by atoms with Crippen LogP contribution < -0.4 is 9.47 Å². The Morgan fingerprint density at radius 1 is 0.718 bits per heavy atom. The Morgan fingerprint density at radius 2 is 1.21 bits per heavy atom. The summed E-state index contributed by atoms with van der Waals surface area (Å²) in [5.74, 6) is 2.99. The number of hydrogen-bond acceptors (Lipinski definition) is 7. The normalized spacial score (nSPS) is 10.9. The van der Waals surface area contributed by atoms with Crippen LogP contribution in [0.1, 0.15) is 36.1 Å². The summed E-state index contributed by atoms with van der Waals surface area (Å²) in [5.41, 5.74) is 4.05. The Hall–Kier alpha value is -3.22. The Labute approximate surface area is 235 Å². The molecule has 0 saturated carbocycles. The molecular formula is C30H34ClN2O5P. The van der Waals surface area contributed by atoms with Crippen LogP contribution in [0.15, 0.2) is 85.2 Å². The van der Waals surface area contributed by atoms with Gasteiger partial charge in [0.25, 0.3) is 0 Å². The van der Waals surface area contributed by atoms with E-state index < -0.39 is 7.60 Å². The average Bonchev–Trinajstić information content (AvgIpc) is 2.92. The van der Waals surface area contributed by atoms with Crippen LogP contribution in [0.2, 0.25) is 0 Å². The minimum absolute atomic E-state index is 0.215. The van der Waals surface area contributed by atoms with Crippen LogP contribution in [0.4, 0.5) is 0 Å². The molecule has 0 radical (unpaired) electrons. The Balaban J connectivity index is 0.000000230. The summed E-state index contributed by atoms with van der Waals surface area (Å²) >= 11 is 5.75. The number of benzene rings is 2. The van der Waals surface area contributed by atoms with Gasteiger partial charge in [0, 0.05) is 30.4 Å². The maximum Gasteiger partial charge on any atom is 0.335 e. The van der Waals surface area contributed by atoms with Crippen LogP contribution >= 0.6 is 19.2 Å². The molecule has 0 saturated heterocycles. The second kappa shape index (κ2) is 15.4. The predicted molar refractivity (Wildman–Crippen MR) is 155 cm³/mol. The van der Waals surface area contributed by atoms with Gasteiger partial charge in [-0.05, 0) is 74.2 Å². The first-order valence-corrected chi connectivity index (χ1v) is 14.9. The fourth-order valence-electron chi connectivity index (χ4n) is 3.42. The Morgan fingerprint density at radius 3 is 1.64 bits per heavy atom. The topological polar surface area (TPSA) is 79.8 Å². The first-order chi connectivity index (χ1) is 18.8. The monoisotopic (exact) mass is 568 g/mol. The third kappa shape index (κ3) is 10.5. The zero-order valence-corrected chi connectivity index (χ0v) is 24.3. The fraction of sp³-hybridized carbons (Fsp3) is 0.267. The highest BCUT2D eigenvalue weighted by atomic mass is 35.5. The van der Waals surface area contributed by atoms with Crippen molar-refractivity contribution >= 4 is 19.2 Å². The molecule has 0 unspecified atom stereocenters. The van der Waals surface area contributed by atoms with Crippen molar-refractivity contribution < 1.29 is 23.1 Å². The van der Waals surface area contributed by atoms with Gasteiger partial charge in [-0.25, -0.2) is 9.97 Å². The van der Waals surface area contributed by atoms with Crippen molar-refractivity contribution in [3.05, 3.63) is 107 Å². The maximum atomic E-state index is 12.6. The molecule has 0 aliphatic rings. The van der Waals surface area contributed by atoms with Crippen LogP contribution in [0.5, 0.6) is 23.3 Å². The molecule has 2 aromatic heterocycles. The Bertz CT molecular complexity index is 1340. The molecule has 9 heteroatoms. The van der Waals surface area contributed by atoms with Gasteiger partial charge in [-0.3, -0.25) is 4.57 Å². The van der Waals surface area contributed by atoms with Gasteiger partial charge in [-0.2, -0.15) is 0 Å². The quantitative estimate of drug-likeness (QED) is 0.132. The Kier molecular flexibility index (Phi) is 12.0. The fourth-order valence-corrected chi connectivity index (χ4v) is 5.27. The first-order valence-electron chi connectivity index (χ1n) is 12.7. The number of ether oxygens (including phenoxy) is 2. The van der Waals surface area contributed by atoms with Gasteiger partial charge in [0.05, 0.1) is 19.4 Å². The number of hydrogen-bond donors (Lipinski definition) is 0. The highest BCUT2D eigenvalue weighted by molar-refractivity contribution is 7.53. The summed E-state index contributed by atoms with van der Waals surface area (Å²) in [4.78, 5) is 8.38. The lowest BCUT2D eigenvalue weighted by atomic mass is 10.2. The number of nitrogens with zero attached hydrogens (tertiary/aromatic N) is 2. The van der Waals surface area contributed by atoms with Gasteiger partial charge >= 0.3 is 7.60 Å². The lowest BCUT2D eigenvalue weighted by Crippen LogP contribution is -1.99. The number of rotatable bonds is 11. The van der Waals surface area contributed by atoms with E-state index in [1.165, 1.54) is 0 Å². The number of aromatic nitrogens is 2. The first kappa shape index (κ1) is 30.3. The average molecular weight is 569 g/mol. The molecule has 2 aromatic carbocycles. The van der Waals surface area contributed by atoms with E-state index in [0.29, 0.717) is 36.6 Å². The van der Waals surface area contributed by atoms with Crippen molar-refractivity contribution in [2.45, 2.75) is 39.7 Å². The standard InChI is InChI=1S/C17H22NO4P.C13H12ClNO/c1-4-20-23(19,21-5-2)13-15-7-6-8-16(11-15)22-17-10-9-14(3)12-18-17;1-10-5-6-13(15-9-10)16-12-4-2-3-11(7-12)8-14/h6-12H,4-5,13H2,1-3H3;2-7,9H,8H2,1H3. The molecule has 0 aliphatic carbocycles. The summed E-state index contributed by atoms with van der Waals surface area (Å²) < 4.78 is 34.6. The van der Waals surface area contributed by atoms with E-state index in [-0.39, 0.29) is 6.16 Å². The second-order valence-corrected chi connectivity index (χ2v) is 10.9. The minimum Gasteiger partial charge on any atom is -0.439 e. The van der Waals surface area contributed by atoms with Crippen LogP contribution in [0.25, 0.3) is 0 Å². The van der Waals surface area contributed by atoms with Crippen molar-refractivity contribution in [1.29, 1.82) is 0 Å². The van der Waals surface area contributed by atoms with Crippen molar-refractivity contribution in [3.8, 4) is 23.3 Å². The van der Waals surface area contributed by atoms with Crippen LogP contribution in [-0.2, 0) is 25.7 Å². The molecule has 206 valence electrons. The zero-order valence-electron chi connectivity index (χ0n) is 22.7. The van der Waals surface area contributed by atoms with E-state index in [0.717, 1.165) is 28.0 Å². The predicted octanol–water partition coefficient (Wildman–Crippen LogP) is 8.87.